The molecule has 3 nitrogen and oxygen atoms in total. The largest absolute Gasteiger partial charge is 0.508 e. The molecule has 102 valence electrons. The van der Waals surface area contributed by atoms with Crippen molar-refractivity contribution in [1.29, 1.82) is 0 Å². The Morgan fingerprint density at radius 2 is 2.16 bits per heavy atom. The van der Waals surface area contributed by atoms with E-state index in [1.165, 1.54) is 10.4 Å². The molecule has 0 fully saturated rings. The fourth-order valence-corrected chi connectivity index (χ4v) is 3.03. The van der Waals surface area contributed by atoms with Crippen molar-refractivity contribution in [3.8, 4) is 5.75 Å². The zero-order valence-corrected chi connectivity index (χ0v) is 13.1. The number of halogens is 1. The van der Waals surface area contributed by atoms with E-state index in [1.54, 1.807) is 24.5 Å². The summed E-state index contributed by atoms with van der Waals surface area (Å²) in [6, 6.07) is 7.59. The molecule has 1 heterocycles. The van der Waals surface area contributed by atoms with Crippen LogP contribution in [-0.2, 0) is 24.4 Å². The van der Waals surface area contributed by atoms with Crippen LogP contribution in [0.4, 0.5) is 0 Å². The molecule has 2 N–H and O–H groups in total. The highest BCUT2D eigenvalue weighted by atomic mass is 79.9. The second-order valence-electron chi connectivity index (χ2n) is 4.23. The zero-order chi connectivity index (χ0) is 13.7. The highest BCUT2D eigenvalue weighted by molar-refractivity contribution is 9.10. The third kappa shape index (κ3) is 4.31. The lowest BCUT2D eigenvalue weighted by Gasteiger charge is -2.06. The molecule has 1 aromatic carbocycles. The molecular weight excluding hydrogens is 326 g/mol. The minimum absolute atomic E-state index is 0.321. The standard InChI is InChI=1S/C14H16BrNO2S/c1-18-8-10-4-13(19-9-10)7-16-6-11-5-12(15)2-3-14(11)17/h2-5,9,16-17H,6-8H2,1H3. The normalized spacial score (nSPS) is 10.8. The summed E-state index contributed by atoms with van der Waals surface area (Å²) in [5, 5.41) is 15.2. The average molecular weight is 342 g/mol. The number of aromatic hydroxyl groups is 1. The molecule has 0 saturated carbocycles. The second-order valence-corrected chi connectivity index (χ2v) is 6.14. The lowest BCUT2D eigenvalue weighted by molar-refractivity contribution is 0.185. The van der Waals surface area contributed by atoms with Crippen LogP contribution in [0.3, 0.4) is 0 Å². The van der Waals surface area contributed by atoms with Crippen molar-refractivity contribution in [3.05, 3.63) is 50.1 Å². The fraction of sp³-hybridized carbons (Fsp3) is 0.286. The highest BCUT2D eigenvalue weighted by Gasteiger charge is 2.03. The molecule has 0 aliphatic rings. The fourth-order valence-electron chi connectivity index (χ4n) is 1.78. The van der Waals surface area contributed by atoms with Gasteiger partial charge in [0.25, 0.3) is 0 Å². The first-order valence-electron chi connectivity index (χ1n) is 5.92. The molecule has 1 aromatic heterocycles. The summed E-state index contributed by atoms with van der Waals surface area (Å²) >= 11 is 5.12. The van der Waals surface area contributed by atoms with Crippen LogP contribution in [0.25, 0.3) is 0 Å². The summed E-state index contributed by atoms with van der Waals surface area (Å²) in [7, 11) is 1.70. The van der Waals surface area contributed by atoms with E-state index in [9.17, 15) is 5.11 Å². The Kier molecular flexibility index (Phi) is 5.39. The Labute approximate surface area is 125 Å². The lowest BCUT2D eigenvalue weighted by atomic mass is 10.2. The molecule has 0 spiro atoms. The number of thiophene rings is 1. The van der Waals surface area contributed by atoms with E-state index >= 15 is 0 Å². The zero-order valence-electron chi connectivity index (χ0n) is 10.6. The molecule has 0 radical (unpaired) electrons. The van der Waals surface area contributed by atoms with Crippen molar-refractivity contribution in [2.45, 2.75) is 19.7 Å². The summed E-state index contributed by atoms with van der Waals surface area (Å²) in [6.45, 7) is 2.09. The van der Waals surface area contributed by atoms with Crippen molar-refractivity contribution < 1.29 is 9.84 Å². The number of hydrogen-bond acceptors (Lipinski definition) is 4. The smallest absolute Gasteiger partial charge is 0.120 e. The van der Waals surface area contributed by atoms with E-state index in [4.69, 9.17) is 4.74 Å². The first kappa shape index (κ1) is 14.5. The van der Waals surface area contributed by atoms with E-state index < -0.39 is 0 Å². The first-order valence-corrected chi connectivity index (χ1v) is 7.59. The Balaban J connectivity index is 1.87. The molecule has 0 atom stereocenters. The van der Waals surface area contributed by atoms with Crippen molar-refractivity contribution in [2.75, 3.05) is 7.11 Å². The van der Waals surface area contributed by atoms with Gasteiger partial charge in [0.05, 0.1) is 6.61 Å². The molecule has 0 aliphatic carbocycles. The number of benzene rings is 1. The van der Waals surface area contributed by atoms with Gasteiger partial charge >= 0.3 is 0 Å². The molecule has 0 bridgehead atoms. The third-order valence-corrected chi connectivity index (χ3v) is 4.15. The molecule has 0 saturated heterocycles. The van der Waals surface area contributed by atoms with Gasteiger partial charge in [-0.15, -0.1) is 11.3 Å². The minimum atomic E-state index is 0.321. The van der Waals surface area contributed by atoms with Gasteiger partial charge in [-0.05, 0) is 35.2 Å². The summed E-state index contributed by atoms with van der Waals surface area (Å²) in [6.07, 6.45) is 0. The topological polar surface area (TPSA) is 41.5 Å². The minimum Gasteiger partial charge on any atom is -0.508 e. The molecule has 2 aromatic rings. The summed E-state index contributed by atoms with van der Waals surface area (Å²) < 4.78 is 6.06. The number of hydrogen-bond donors (Lipinski definition) is 2. The van der Waals surface area contributed by atoms with Crippen LogP contribution in [0.2, 0.25) is 0 Å². The van der Waals surface area contributed by atoms with Crippen LogP contribution in [-0.4, -0.2) is 12.2 Å². The quantitative estimate of drug-likeness (QED) is 0.842. The Hall–Kier alpha value is -0.880. The average Bonchev–Trinajstić information content (AvgIpc) is 2.82. The van der Waals surface area contributed by atoms with Crippen LogP contribution in [0.1, 0.15) is 16.0 Å². The van der Waals surface area contributed by atoms with E-state index in [-0.39, 0.29) is 0 Å². The molecule has 19 heavy (non-hydrogen) atoms. The van der Waals surface area contributed by atoms with E-state index in [0.29, 0.717) is 18.9 Å². The predicted molar refractivity (Wildman–Crippen MR) is 81.4 cm³/mol. The van der Waals surface area contributed by atoms with Gasteiger partial charge in [0.15, 0.2) is 0 Å². The Bertz CT molecular complexity index is 542. The summed E-state index contributed by atoms with van der Waals surface area (Å²) in [5.74, 6) is 0.321. The van der Waals surface area contributed by atoms with Gasteiger partial charge in [0, 0.05) is 35.1 Å². The number of rotatable bonds is 6. The van der Waals surface area contributed by atoms with Crippen LogP contribution >= 0.6 is 27.3 Å². The number of phenolic OH excluding ortho intramolecular Hbond substituents is 1. The Morgan fingerprint density at radius 1 is 1.32 bits per heavy atom. The van der Waals surface area contributed by atoms with E-state index in [2.05, 4.69) is 32.7 Å². The maximum atomic E-state index is 9.73. The monoisotopic (exact) mass is 341 g/mol. The van der Waals surface area contributed by atoms with Crippen LogP contribution in [0.5, 0.6) is 5.75 Å². The van der Waals surface area contributed by atoms with Gasteiger partial charge in [-0.3, -0.25) is 0 Å². The van der Waals surface area contributed by atoms with Crippen LogP contribution in [0.15, 0.2) is 34.1 Å². The summed E-state index contributed by atoms with van der Waals surface area (Å²) in [5.41, 5.74) is 2.10. The molecule has 0 amide bonds. The van der Waals surface area contributed by atoms with Crippen LogP contribution < -0.4 is 5.32 Å². The van der Waals surface area contributed by atoms with E-state index in [1.807, 2.05) is 12.1 Å². The van der Waals surface area contributed by atoms with Gasteiger partial charge in [-0.25, -0.2) is 0 Å². The molecule has 0 unspecified atom stereocenters. The Morgan fingerprint density at radius 3 is 2.95 bits per heavy atom. The number of ether oxygens (including phenoxy) is 1. The van der Waals surface area contributed by atoms with Gasteiger partial charge < -0.3 is 15.2 Å². The van der Waals surface area contributed by atoms with Crippen LogP contribution in [0, 0.1) is 0 Å². The number of nitrogens with one attached hydrogen (secondary N) is 1. The van der Waals surface area contributed by atoms with Gasteiger partial charge in [-0.2, -0.15) is 0 Å². The van der Waals surface area contributed by atoms with Crippen molar-refractivity contribution in [2.24, 2.45) is 0 Å². The van der Waals surface area contributed by atoms with Crippen molar-refractivity contribution >= 4 is 27.3 Å². The van der Waals surface area contributed by atoms with Gasteiger partial charge in [-0.1, -0.05) is 15.9 Å². The van der Waals surface area contributed by atoms with Crippen molar-refractivity contribution in [3.63, 3.8) is 0 Å². The maximum Gasteiger partial charge on any atom is 0.120 e. The predicted octanol–water partition coefficient (Wildman–Crippen LogP) is 3.65. The highest BCUT2D eigenvalue weighted by Crippen LogP contribution is 2.22. The van der Waals surface area contributed by atoms with Gasteiger partial charge in [0.1, 0.15) is 5.75 Å². The second kappa shape index (κ2) is 7.05. The van der Waals surface area contributed by atoms with Crippen molar-refractivity contribution in [1.82, 2.24) is 5.32 Å². The number of methoxy groups -OCH3 is 1. The third-order valence-electron chi connectivity index (χ3n) is 2.68. The molecule has 0 aliphatic heterocycles. The number of phenols is 1. The first-order chi connectivity index (χ1) is 9.19. The van der Waals surface area contributed by atoms with E-state index in [0.717, 1.165) is 16.6 Å². The van der Waals surface area contributed by atoms with Gasteiger partial charge in [0.2, 0.25) is 0 Å². The summed E-state index contributed by atoms with van der Waals surface area (Å²) in [4.78, 5) is 1.27. The SMILES string of the molecule is COCc1csc(CNCc2cc(Br)ccc2O)c1. The molecule has 5 heteroatoms. The molecular formula is C14H16BrNO2S. The maximum absolute atomic E-state index is 9.73. The molecule has 2 rings (SSSR count). The lowest BCUT2D eigenvalue weighted by Crippen LogP contribution is -2.11.